The number of carboxylic acid groups (broad SMARTS) is 1. The summed E-state index contributed by atoms with van der Waals surface area (Å²) in [5.74, 6) is -9.27. The predicted molar refractivity (Wildman–Crippen MR) is 289 cm³/mol. The smallest absolute Gasteiger partial charge is 0.327 e. The molecule has 0 unspecified atom stereocenters. The second-order valence-corrected chi connectivity index (χ2v) is 19.7. The summed E-state index contributed by atoms with van der Waals surface area (Å²) in [5, 5.41) is 40.5. The summed E-state index contributed by atoms with van der Waals surface area (Å²) in [6.45, 7) is 1.22. The third-order valence-electron chi connectivity index (χ3n) is 11.0. The van der Waals surface area contributed by atoms with E-state index in [2.05, 4.69) is 92.7 Å². The number of primary amides is 1. The Morgan fingerprint density at radius 2 is 1.01 bits per heavy atom. The van der Waals surface area contributed by atoms with Gasteiger partial charge >= 0.3 is 5.97 Å². The molecule has 0 radical (unpaired) electrons. The van der Waals surface area contributed by atoms with E-state index in [1.807, 2.05) is 0 Å². The van der Waals surface area contributed by atoms with Gasteiger partial charge in [-0.15, -0.1) is 0 Å². The van der Waals surface area contributed by atoms with Crippen molar-refractivity contribution in [1.82, 2.24) is 62.5 Å². The molecule has 9 amide bonds. The highest BCUT2D eigenvalue weighted by Gasteiger charge is 2.36. The maximum absolute atomic E-state index is 14.4. The number of thioether (sulfide) groups is 2. The Labute approximate surface area is 457 Å². The summed E-state index contributed by atoms with van der Waals surface area (Å²) in [4.78, 5) is 151. The van der Waals surface area contributed by atoms with E-state index in [1.54, 1.807) is 12.5 Å². The van der Waals surface area contributed by atoms with E-state index in [0.717, 1.165) is 0 Å². The Morgan fingerprint density at radius 3 is 1.41 bits per heavy atom. The van der Waals surface area contributed by atoms with Crippen molar-refractivity contribution in [3.8, 4) is 0 Å². The number of aliphatic imine (C=N–C) groups is 1. The zero-order chi connectivity index (χ0) is 56.9. The Bertz CT molecular complexity index is 2240. The number of hydrogen-bond donors (Lipinski definition) is 18. The Kier molecular flexibility index (Phi) is 30.4. The number of carbonyl (C=O) groups excluding carboxylic acids is 9. The molecule has 2 aromatic heterocycles. The molecule has 2 aromatic rings. The third-order valence-corrected chi connectivity index (χ3v) is 13.0. The number of carboxylic acids is 1. The first-order chi connectivity index (χ1) is 36.0. The highest BCUT2D eigenvalue weighted by Crippen LogP contribution is 2.11. The van der Waals surface area contributed by atoms with E-state index in [0.29, 0.717) is 22.9 Å². The van der Waals surface area contributed by atoms with Crippen LogP contribution in [-0.4, -0.2) is 198 Å². The highest BCUT2D eigenvalue weighted by molar-refractivity contribution is 7.98. The quantitative estimate of drug-likeness (QED) is 0.0130. The summed E-state index contributed by atoms with van der Waals surface area (Å²) < 4.78 is 0. The molecule has 10 atom stereocenters. The SMILES string of the molecule is CSCC[C@H](NC(=O)[C@H](Cc1cnc[nH]1)NC(=O)[C@H](Cc1cnc[nH]1)NC(=O)[C@@H](NC(=O)[C@H](CCCN=C(N)N)NC(=O)[C@H](CCSC)NC(=O)[C@@H](N)CS)[C@@H](C)O)C(=O)N[C@@H](CCC(N)=O)C(=O)N[C@@H](CS)C(=O)O. The number of aliphatic hydroxyl groups excluding tert-OH is 1. The fraction of sp³-hybridized carbons (Fsp3) is 0.605. The number of rotatable bonds is 37. The molecule has 0 aliphatic carbocycles. The maximum atomic E-state index is 14.4. The first-order valence-electron chi connectivity index (χ1n) is 23.6. The van der Waals surface area contributed by atoms with Gasteiger partial charge in [0.25, 0.3) is 0 Å². The molecule has 0 aromatic carbocycles. The molecule has 33 heteroatoms. The normalized spacial score (nSPS) is 15.0. The van der Waals surface area contributed by atoms with Gasteiger partial charge in [0.1, 0.15) is 48.3 Å². The number of amides is 9. The van der Waals surface area contributed by atoms with Crippen LogP contribution in [0.5, 0.6) is 0 Å². The van der Waals surface area contributed by atoms with Gasteiger partial charge in [0, 0.05) is 61.1 Å². The average Bonchev–Trinajstić information content (AvgIpc) is 4.10. The van der Waals surface area contributed by atoms with Crippen molar-refractivity contribution in [2.75, 3.05) is 42.1 Å². The molecule has 0 fully saturated rings. The average molecular weight is 1150 g/mol. The molecule has 0 saturated heterocycles. The molecule has 424 valence electrons. The van der Waals surface area contributed by atoms with E-state index < -0.39 is 120 Å². The van der Waals surface area contributed by atoms with Crippen molar-refractivity contribution in [1.29, 1.82) is 0 Å². The van der Waals surface area contributed by atoms with Crippen molar-refractivity contribution in [3.05, 3.63) is 36.4 Å². The number of guanidine groups is 1. The number of aliphatic carboxylic acids is 1. The number of nitrogens with one attached hydrogen (secondary N) is 10. The molecule has 2 rings (SSSR count). The van der Waals surface area contributed by atoms with Gasteiger partial charge in [0.05, 0.1) is 24.8 Å². The third kappa shape index (κ3) is 24.1. The van der Waals surface area contributed by atoms with Crippen LogP contribution >= 0.6 is 48.8 Å². The first kappa shape index (κ1) is 65.8. The lowest BCUT2D eigenvalue weighted by atomic mass is 10.0. The minimum atomic E-state index is -1.77. The zero-order valence-corrected chi connectivity index (χ0v) is 45.5. The number of carbonyl (C=O) groups is 10. The number of aromatic nitrogens is 4. The Hall–Kier alpha value is -6.29. The van der Waals surface area contributed by atoms with Crippen molar-refractivity contribution in [2.24, 2.45) is 27.9 Å². The van der Waals surface area contributed by atoms with Crippen molar-refractivity contribution >= 4 is 114 Å². The van der Waals surface area contributed by atoms with Gasteiger partial charge in [0.2, 0.25) is 53.2 Å². The van der Waals surface area contributed by atoms with Gasteiger partial charge in [-0.25, -0.2) is 14.8 Å². The zero-order valence-electron chi connectivity index (χ0n) is 42.1. The first-order valence-corrected chi connectivity index (χ1v) is 27.7. The minimum Gasteiger partial charge on any atom is -0.480 e. The molecular weight excluding hydrogens is 1070 g/mol. The lowest BCUT2D eigenvalue weighted by Crippen LogP contribution is -2.62. The number of aliphatic hydroxyl groups is 1. The van der Waals surface area contributed by atoms with Crippen LogP contribution in [0.15, 0.2) is 30.0 Å². The van der Waals surface area contributed by atoms with E-state index in [-0.39, 0.29) is 75.4 Å². The number of hydrogen-bond acceptors (Lipinski definition) is 19. The van der Waals surface area contributed by atoms with Crippen molar-refractivity contribution in [2.45, 2.75) is 119 Å². The topological polar surface area (TPSA) is 481 Å². The number of H-pyrrole nitrogens is 2. The standard InChI is InChI=1S/C43H71N17O12S4/c1-21(61)33(60-38(67)25(5-4-10-50-43(46)47)54-36(65)27(8-11-75-2)53-34(63)24(44)17-73)41(70)58-30(14-23-16-49-20-52-23)40(69)57-29(13-22-15-48-19-51-22)39(68)56-28(9-12-76-3)37(66)55-26(6-7-32(45)62)35(64)59-31(18-74)42(71)72/h15-16,19-21,24-31,33,61,73-74H,4-14,17-18,44H2,1-3H3,(H2,45,62)(H,48,51)(H,49,52)(H,53,63)(H,54,65)(H,55,66)(H,56,68)(H,57,69)(H,58,70)(H,59,64)(H,60,67)(H,71,72)(H4,46,47,50)/t21-,24+,25+,26+,27+,28+,29+,30+,31+,33+/m1/s1. The largest absolute Gasteiger partial charge is 0.480 e. The second kappa shape index (κ2) is 35.1. The van der Waals surface area contributed by atoms with Gasteiger partial charge < -0.3 is 85.6 Å². The number of thiol groups is 2. The molecule has 0 aliphatic rings. The van der Waals surface area contributed by atoms with Crippen LogP contribution in [0, 0.1) is 0 Å². The molecule has 76 heavy (non-hydrogen) atoms. The van der Waals surface area contributed by atoms with Crippen LogP contribution in [0.1, 0.15) is 56.8 Å². The Morgan fingerprint density at radius 1 is 0.605 bits per heavy atom. The predicted octanol–water partition coefficient (Wildman–Crippen LogP) is -5.73. The van der Waals surface area contributed by atoms with Gasteiger partial charge in [0.15, 0.2) is 5.96 Å². The maximum Gasteiger partial charge on any atom is 0.327 e. The van der Waals surface area contributed by atoms with Crippen LogP contribution < -0.4 is 65.5 Å². The molecule has 0 saturated carbocycles. The number of nitrogens with two attached hydrogens (primary N) is 4. The lowest BCUT2D eigenvalue weighted by Gasteiger charge is -2.28. The lowest BCUT2D eigenvalue weighted by molar-refractivity contribution is -0.141. The summed E-state index contributed by atoms with van der Waals surface area (Å²) >= 11 is 10.7. The van der Waals surface area contributed by atoms with Crippen LogP contribution in [0.3, 0.4) is 0 Å². The number of imidazole rings is 2. The van der Waals surface area contributed by atoms with Crippen LogP contribution in [0.25, 0.3) is 0 Å². The van der Waals surface area contributed by atoms with Crippen LogP contribution in [0.2, 0.25) is 0 Å². The summed E-state index contributed by atoms with van der Waals surface area (Å²) in [7, 11) is 0. The minimum absolute atomic E-state index is 0.0169. The van der Waals surface area contributed by atoms with E-state index in [1.165, 1.54) is 55.5 Å². The summed E-state index contributed by atoms with van der Waals surface area (Å²) in [6.07, 6.45) is 6.16. The van der Waals surface area contributed by atoms with Crippen molar-refractivity contribution in [3.63, 3.8) is 0 Å². The second-order valence-electron chi connectivity index (χ2n) is 17.0. The van der Waals surface area contributed by atoms with Gasteiger partial charge in [-0.3, -0.25) is 48.1 Å². The molecular formula is C43H71N17O12S4. The fourth-order valence-electron chi connectivity index (χ4n) is 6.82. The fourth-order valence-corrected chi connectivity index (χ4v) is 8.17. The molecule has 29 nitrogen and oxygen atoms in total. The van der Waals surface area contributed by atoms with Crippen LogP contribution in [-0.2, 0) is 60.8 Å². The van der Waals surface area contributed by atoms with E-state index in [9.17, 15) is 58.2 Å². The van der Waals surface area contributed by atoms with Crippen molar-refractivity contribution < 1.29 is 58.2 Å². The summed E-state index contributed by atoms with van der Waals surface area (Å²) in [5.41, 5.74) is 22.7. The van der Waals surface area contributed by atoms with Crippen LogP contribution in [0.4, 0.5) is 0 Å². The van der Waals surface area contributed by atoms with E-state index >= 15 is 0 Å². The molecule has 0 spiro atoms. The molecule has 0 bridgehead atoms. The Balaban J connectivity index is 2.49. The van der Waals surface area contributed by atoms with Gasteiger partial charge in [-0.2, -0.15) is 48.8 Å². The highest BCUT2D eigenvalue weighted by atomic mass is 32.2. The molecule has 20 N–H and O–H groups in total. The van der Waals surface area contributed by atoms with Gasteiger partial charge in [-0.1, -0.05) is 0 Å². The number of nitrogens with zero attached hydrogens (tertiary/aromatic N) is 3. The monoisotopic (exact) mass is 1150 g/mol. The summed E-state index contributed by atoms with van der Waals surface area (Å²) in [6, 6.07) is -12.7. The molecule has 2 heterocycles. The van der Waals surface area contributed by atoms with Gasteiger partial charge in [-0.05, 0) is 63.0 Å². The van der Waals surface area contributed by atoms with E-state index in [4.69, 9.17) is 22.9 Å². The molecule has 0 aliphatic heterocycles. The number of aromatic amines is 2.